The van der Waals surface area contributed by atoms with E-state index in [1.807, 2.05) is 0 Å². The summed E-state index contributed by atoms with van der Waals surface area (Å²) >= 11 is 0. The molecule has 4 rings (SSSR count). The summed E-state index contributed by atoms with van der Waals surface area (Å²) in [5, 5.41) is 1.68. The SMILES string of the molecule is CC(C)Oc1cccc(OC(C)C)c1C1=CCCC=C1P(C1CCCCC1)C1CCCCC1. The van der Waals surface area contributed by atoms with Gasteiger partial charge in [-0.3, -0.25) is 0 Å². The zero-order valence-electron chi connectivity index (χ0n) is 21.4. The minimum atomic E-state index is -0.162. The van der Waals surface area contributed by atoms with Crippen molar-refractivity contribution in [3.05, 3.63) is 41.2 Å². The first-order valence-electron chi connectivity index (χ1n) is 13.7. The molecule has 2 fully saturated rings. The molecule has 3 aliphatic carbocycles. The van der Waals surface area contributed by atoms with Crippen LogP contribution in [0.25, 0.3) is 5.57 Å². The Balaban J connectivity index is 1.77. The van der Waals surface area contributed by atoms with Crippen LogP contribution < -0.4 is 9.47 Å². The molecule has 0 unspecified atom stereocenters. The summed E-state index contributed by atoms with van der Waals surface area (Å²) in [4.78, 5) is 0. The van der Waals surface area contributed by atoms with Crippen LogP contribution in [0, 0.1) is 0 Å². The molecule has 1 aromatic carbocycles. The number of hydrogen-bond acceptors (Lipinski definition) is 2. The topological polar surface area (TPSA) is 18.5 Å². The second-order valence-corrected chi connectivity index (χ2v) is 13.5. The van der Waals surface area contributed by atoms with Crippen molar-refractivity contribution in [2.45, 2.75) is 128 Å². The van der Waals surface area contributed by atoms with Crippen LogP contribution in [0.1, 0.15) is 110 Å². The first-order chi connectivity index (χ1) is 16.0. The maximum Gasteiger partial charge on any atom is 0.131 e. The quantitative estimate of drug-likeness (QED) is 0.354. The van der Waals surface area contributed by atoms with Crippen molar-refractivity contribution in [1.82, 2.24) is 0 Å². The predicted octanol–water partition coefficient (Wildman–Crippen LogP) is 9.47. The van der Waals surface area contributed by atoms with Crippen LogP contribution >= 0.6 is 7.92 Å². The molecule has 0 bridgehead atoms. The number of rotatable bonds is 8. The summed E-state index contributed by atoms with van der Waals surface area (Å²) < 4.78 is 12.8. The molecule has 0 aliphatic heterocycles. The van der Waals surface area contributed by atoms with Gasteiger partial charge >= 0.3 is 0 Å². The van der Waals surface area contributed by atoms with Crippen molar-refractivity contribution in [3.8, 4) is 11.5 Å². The Bertz CT molecular complexity index is 779. The third-order valence-corrected chi connectivity index (χ3v) is 10.9. The minimum absolute atomic E-state index is 0.146. The Morgan fingerprint density at radius 2 is 1.18 bits per heavy atom. The highest BCUT2D eigenvalue weighted by molar-refractivity contribution is 7.64. The van der Waals surface area contributed by atoms with Gasteiger partial charge in [-0.15, -0.1) is 0 Å². The van der Waals surface area contributed by atoms with Crippen LogP contribution in [-0.4, -0.2) is 23.5 Å². The van der Waals surface area contributed by atoms with Crippen LogP contribution in [0.5, 0.6) is 11.5 Å². The smallest absolute Gasteiger partial charge is 0.131 e. The van der Waals surface area contributed by atoms with Gasteiger partial charge in [0, 0.05) is 0 Å². The highest BCUT2D eigenvalue weighted by Crippen LogP contribution is 2.65. The number of benzene rings is 1. The van der Waals surface area contributed by atoms with E-state index in [-0.39, 0.29) is 20.1 Å². The molecule has 1 aromatic rings. The molecular formula is C30H45O2P. The second kappa shape index (κ2) is 11.9. The summed E-state index contributed by atoms with van der Waals surface area (Å²) in [5.74, 6) is 1.98. The van der Waals surface area contributed by atoms with E-state index in [2.05, 4.69) is 58.0 Å². The normalized spacial score (nSPS) is 20.8. The largest absolute Gasteiger partial charge is 0.490 e. The zero-order chi connectivity index (χ0) is 23.2. The van der Waals surface area contributed by atoms with E-state index < -0.39 is 0 Å². The molecule has 0 atom stereocenters. The molecular weight excluding hydrogens is 423 g/mol. The summed E-state index contributed by atoms with van der Waals surface area (Å²) in [6, 6.07) is 6.40. The van der Waals surface area contributed by atoms with Gasteiger partial charge in [-0.25, -0.2) is 0 Å². The van der Waals surface area contributed by atoms with E-state index in [4.69, 9.17) is 9.47 Å². The third-order valence-electron chi connectivity index (χ3n) is 7.33. The molecule has 0 spiro atoms. The van der Waals surface area contributed by atoms with Crippen molar-refractivity contribution in [2.75, 3.05) is 0 Å². The van der Waals surface area contributed by atoms with Gasteiger partial charge in [0.25, 0.3) is 0 Å². The van der Waals surface area contributed by atoms with Crippen molar-refractivity contribution in [3.63, 3.8) is 0 Å². The average Bonchev–Trinajstić information content (AvgIpc) is 2.81. The molecule has 0 aromatic heterocycles. The molecule has 2 saturated carbocycles. The summed E-state index contributed by atoms with van der Waals surface area (Å²) in [6.07, 6.45) is 22.1. The molecule has 3 heteroatoms. The maximum absolute atomic E-state index is 6.40. The van der Waals surface area contributed by atoms with E-state index in [1.54, 1.807) is 5.31 Å². The Hall–Kier alpha value is -1.27. The van der Waals surface area contributed by atoms with Gasteiger partial charge in [-0.1, -0.05) is 64.7 Å². The fourth-order valence-corrected chi connectivity index (χ4v) is 10.1. The van der Waals surface area contributed by atoms with Crippen molar-refractivity contribution in [2.24, 2.45) is 0 Å². The average molecular weight is 469 g/mol. The van der Waals surface area contributed by atoms with Gasteiger partial charge in [0.15, 0.2) is 0 Å². The number of hydrogen-bond donors (Lipinski definition) is 0. The van der Waals surface area contributed by atoms with Gasteiger partial charge < -0.3 is 9.47 Å². The molecule has 0 radical (unpaired) electrons. The lowest BCUT2D eigenvalue weighted by molar-refractivity contribution is 0.228. The predicted molar refractivity (Wildman–Crippen MR) is 144 cm³/mol. The van der Waals surface area contributed by atoms with Crippen LogP contribution in [0.4, 0.5) is 0 Å². The minimum Gasteiger partial charge on any atom is -0.490 e. The van der Waals surface area contributed by atoms with Crippen LogP contribution in [0.15, 0.2) is 35.7 Å². The van der Waals surface area contributed by atoms with E-state index in [9.17, 15) is 0 Å². The fraction of sp³-hybridized carbons (Fsp3) is 0.667. The first kappa shape index (κ1) is 24.8. The Morgan fingerprint density at radius 3 is 1.67 bits per heavy atom. The van der Waals surface area contributed by atoms with Crippen molar-refractivity contribution in [1.29, 1.82) is 0 Å². The van der Waals surface area contributed by atoms with Gasteiger partial charge in [-0.2, -0.15) is 0 Å². The van der Waals surface area contributed by atoms with Crippen molar-refractivity contribution < 1.29 is 9.47 Å². The van der Waals surface area contributed by atoms with E-state index in [0.717, 1.165) is 29.2 Å². The third kappa shape index (κ3) is 6.25. The standard InChI is InChI=1S/C30H45O2P/c1-22(2)31-27-19-13-20-28(32-23(3)4)30(27)26-18-11-12-21-29(26)33(24-14-7-5-8-15-24)25-16-9-6-10-17-25/h13,18-25H,5-12,14-17H2,1-4H3. The molecule has 0 heterocycles. The molecule has 0 N–H and O–H groups in total. The van der Waals surface area contributed by atoms with Crippen LogP contribution in [-0.2, 0) is 0 Å². The number of allylic oxidation sites excluding steroid dienone is 4. The van der Waals surface area contributed by atoms with Gasteiger partial charge in [0.2, 0.25) is 0 Å². The summed E-state index contributed by atoms with van der Waals surface area (Å²) in [7, 11) is -0.162. The van der Waals surface area contributed by atoms with Crippen LogP contribution in [0.2, 0.25) is 0 Å². The molecule has 0 saturated heterocycles. The molecule has 182 valence electrons. The van der Waals surface area contributed by atoms with E-state index in [0.29, 0.717) is 0 Å². The van der Waals surface area contributed by atoms with Crippen molar-refractivity contribution >= 4 is 13.5 Å². The van der Waals surface area contributed by atoms with E-state index in [1.165, 1.54) is 81.8 Å². The maximum atomic E-state index is 6.40. The molecule has 33 heavy (non-hydrogen) atoms. The van der Waals surface area contributed by atoms with Gasteiger partial charge in [0.1, 0.15) is 11.5 Å². The second-order valence-electron chi connectivity index (χ2n) is 10.7. The summed E-state index contributed by atoms with van der Waals surface area (Å²) in [5.41, 5.74) is 4.45. The van der Waals surface area contributed by atoms with Crippen LogP contribution in [0.3, 0.4) is 0 Å². The van der Waals surface area contributed by atoms with E-state index >= 15 is 0 Å². The molecule has 0 amide bonds. The summed E-state index contributed by atoms with van der Waals surface area (Å²) in [6.45, 7) is 8.51. The lowest BCUT2D eigenvalue weighted by atomic mass is 9.97. The fourth-order valence-electron chi connectivity index (χ4n) is 6.03. The zero-order valence-corrected chi connectivity index (χ0v) is 22.3. The lowest BCUT2D eigenvalue weighted by Gasteiger charge is -2.41. The highest BCUT2D eigenvalue weighted by atomic mass is 31.1. The molecule has 3 aliphatic rings. The Morgan fingerprint density at radius 1 is 0.697 bits per heavy atom. The molecule has 2 nitrogen and oxygen atoms in total. The first-order valence-corrected chi connectivity index (χ1v) is 15.2. The lowest BCUT2D eigenvalue weighted by Crippen LogP contribution is -2.22. The van der Waals surface area contributed by atoms with Gasteiger partial charge in [0.05, 0.1) is 17.8 Å². The van der Waals surface area contributed by atoms with Gasteiger partial charge in [-0.05, 0) is 101 Å². The Kier molecular flexibility index (Phi) is 8.98. The highest BCUT2D eigenvalue weighted by Gasteiger charge is 2.36. The monoisotopic (exact) mass is 468 g/mol. The number of ether oxygens (including phenoxy) is 2. The Labute approximate surface area is 204 Å².